The van der Waals surface area contributed by atoms with Crippen molar-refractivity contribution in [2.45, 2.75) is 6.54 Å². The number of para-hydroxylation sites is 1. The van der Waals surface area contributed by atoms with Crippen LogP contribution >= 0.6 is 0 Å². The van der Waals surface area contributed by atoms with Gasteiger partial charge in [0.1, 0.15) is 19.0 Å². The molecule has 28 heavy (non-hydrogen) atoms. The van der Waals surface area contributed by atoms with Crippen LogP contribution in [0.4, 0.5) is 0 Å². The molecule has 0 unspecified atom stereocenters. The molecule has 0 aromatic heterocycles. The van der Waals surface area contributed by atoms with Crippen LogP contribution in [0.1, 0.15) is 5.56 Å². The minimum atomic E-state index is -0.183. The van der Waals surface area contributed by atoms with Gasteiger partial charge in [-0.15, -0.1) is 0 Å². The van der Waals surface area contributed by atoms with E-state index in [4.69, 9.17) is 14.2 Å². The summed E-state index contributed by atoms with van der Waals surface area (Å²) in [6, 6.07) is 23.3. The molecular formula is C23H21NO4. The number of hydrogen-bond acceptors (Lipinski definition) is 4. The van der Waals surface area contributed by atoms with Gasteiger partial charge < -0.3 is 19.5 Å². The summed E-state index contributed by atoms with van der Waals surface area (Å²) in [7, 11) is 0. The van der Waals surface area contributed by atoms with E-state index in [1.807, 2.05) is 72.8 Å². The Morgan fingerprint density at radius 2 is 1.64 bits per heavy atom. The largest absolute Gasteiger partial charge is 0.486 e. The molecule has 3 aromatic rings. The Morgan fingerprint density at radius 3 is 2.50 bits per heavy atom. The quantitative estimate of drug-likeness (QED) is 0.712. The molecule has 0 spiro atoms. The van der Waals surface area contributed by atoms with E-state index in [1.165, 1.54) is 0 Å². The average Bonchev–Trinajstić information content (AvgIpc) is 2.77. The number of hydrogen-bond donors (Lipinski definition) is 1. The Bertz CT molecular complexity index is 956. The van der Waals surface area contributed by atoms with Crippen LogP contribution < -0.4 is 19.5 Å². The summed E-state index contributed by atoms with van der Waals surface area (Å²) in [5.74, 6) is 1.95. The third kappa shape index (κ3) is 4.26. The lowest BCUT2D eigenvalue weighted by molar-refractivity contribution is -0.123. The minimum Gasteiger partial charge on any atom is -0.486 e. The summed E-state index contributed by atoms with van der Waals surface area (Å²) < 4.78 is 16.9. The van der Waals surface area contributed by atoms with Crippen LogP contribution in [0.15, 0.2) is 72.8 Å². The average molecular weight is 375 g/mol. The summed E-state index contributed by atoms with van der Waals surface area (Å²) in [6.07, 6.45) is 0. The van der Waals surface area contributed by atoms with Crippen LogP contribution in [0.2, 0.25) is 0 Å². The molecule has 0 radical (unpaired) electrons. The molecule has 5 nitrogen and oxygen atoms in total. The Labute approximate surface area is 163 Å². The van der Waals surface area contributed by atoms with Crippen molar-refractivity contribution in [1.29, 1.82) is 0 Å². The SMILES string of the molecule is O=C(COc1ccccc1-c1ccccc1)NCc1ccc2c(c1)OCCO2. The first-order valence-corrected chi connectivity index (χ1v) is 9.22. The van der Waals surface area contributed by atoms with Gasteiger partial charge in [0.05, 0.1) is 0 Å². The monoisotopic (exact) mass is 375 g/mol. The molecule has 1 aliphatic heterocycles. The zero-order valence-corrected chi connectivity index (χ0v) is 15.4. The van der Waals surface area contributed by atoms with Crippen molar-refractivity contribution in [3.8, 4) is 28.4 Å². The van der Waals surface area contributed by atoms with E-state index in [9.17, 15) is 4.79 Å². The number of carbonyl (C=O) groups excluding carboxylic acids is 1. The van der Waals surface area contributed by atoms with Gasteiger partial charge in [-0.25, -0.2) is 0 Å². The van der Waals surface area contributed by atoms with Crippen LogP contribution in [-0.2, 0) is 11.3 Å². The maximum atomic E-state index is 12.2. The summed E-state index contributed by atoms with van der Waals surface area (Å²) in [5, 5.41) is 2.87. The maximum absolute atomic E-state index is 12.2. The standard InChI is InChI=1S/C23H21NO4/c25-23(24-15-17-10-11-21-22(14-17)27-13-12-26-21)16-28-20-9-5-4-8-19(20)18-6-2-1-3-7-18/h1-11,14H,12-13,15-16H2,(H,24,25). The third-order valence-electron chi connectivity index (χ3n) is 4.43. The molecule has 1 amide bonds. The van der Waals surface area contributed by atoms with Crippen molar-refractivity contribution >= 4 is 5.91 Å². The summed E-state index contributed by atoms with van der Waals surface area (Å²) >= 11 is 0. The van der Waals surface area contributed by atoms with Gasteiger partial charge in [-0.3, -0.25) is 4.79 Å². The molecule has 1 N–H and O–H groups in total. The van der Waals surface area contributed by atoms with E-state index in [-0.39, 0.29) is 12.5 Å². The van der Waals surface area contributed by atoms with E-state index in [0.29, 0.717) is 31.3 Å². The van der Waals surface area contributed by atoms with E-state index < -0.39 is 0 Å². The first-order chi connectivity index (χ1) is 13.8. The molecule has 5 heteroatoms. The minimum absolute atomic E-state index is 0.0472. The lowest BCUT2D eigenvalue weighted by Gasteiger charge is -2.19. The van der Waals surface area contributed by atoms with Crippen LogP contribution in [0.5, 0.6) is 17.2 Å². The van der Waals surface area contributed by atoms with Gasteiger partial charge in [-0.05, 0) is 29.3 Å². The first-order valence-electron chi connectivity index (χ1n) is 9.22. The van der Waals surface area contributed by atoms with Crippen LogP contribution in [-0.4, -0.2) is 25.7 Å². The molecule has 1 heterocycles. The summed E-state index contributed by atoms with van der Waals surface area (Å²) in [6.45, 7) is 1.45. The molecule has 0 bridgehead atoms. The molecule has 0 fully saturated rings. The molecule has 0 saturated heterocycles. The molecule has 0 aliphatic carbocycles. The van der Waals surface area contributed by atoms with E-state index in [2.05, 4.69) is 5.32 Å². The summed E-state index contributed by atoms with van der Waals surface area (Å²) in [5.41, 5.74) is 2.96. The Hall–Kier alpha value is -3.47. The maximum Gasteiger partial charge on any atom is 0.258 e. The smallest absolute Gasteiger partial charge is 0.258 e. The highest BCUT2D eigenvalue weighted by Gasteiger charge is 2.12. The number of nitrogens with one attached hydrogen (secondary N) is 1. The van der Waals surface area contributed by atoms with Crippen molar-refractivity contribution in [1.82, 2.24) is 5.32 Å². The second-order valence-corrected chi connectivity index (χ2v) is 6.41. The first kappa shape index (κ1) is 17.9. The van der Waals surface area contributed by atoms with Crippen molar-refractivity contribution in [3.63, 3.8) is 0 Å². The fourth-order valence-electron chi connectivity index (χ4n) is 3.04. The van der Waals surface area contributed by atoms with Crippen molar-refractivity contribution in [2.75, 3.05) is 19.8 Å². The van der Waals surface area contributed by atoms with Gasteiger partial charge in [0.15, 0.2) is 18.1 Å². The van der Waals surface area contributed by atoms with Crippen molar-refractivity contribution in [3.05, 3.63) is 78.4 Å². The number of rotatable bonds is 6. The number of benzene rings is 3. The second-order valence-electron chi connectivity index (χ2n) is 6.41. The second kappa shape index (κ2) is 8.48. The third-order valence-corrected chi connectivity index (χ3v) is 4.43. The fourth-order valence-corrected chi connectivity index (χ4v) is 3.04. The molecule has 0 atom stereocenters. The van der Waals surface area contributed by atoms with Gasteiger partial charge in [-0.2, -0.15) is 0 Å². The summed E-state index contributed by atoms with van der Waals surface area (Å²) in [4.78, 5) is 12.2. The lowest BCUT2D eigenvalue weighted by Crippen LogP contribution is -2.28. The highest BCUT2D eigenvalue weighted by Crippen LogP contribution is 2.31. The lowest BCUT2D eigenvalue weighted by atomic mass is 10.1. The van der Waals surface area contributed by atoms with Crippen LogP contribution in [0.25, 0.3) is 11.1 Å². The molecule has 142 valence electrons. The van der Waals surface area contributed by atoms with E-state index in [1.54, 1.807) is 0 Å². The topological polar surface area (TPSA) is 56.8 Å². The zero-order valence-electron chi connectivity index (χ0n) is 15.4. The number of fused-ring (bicyclic) bond motifs is 1. The number of carbonyl (C=O) groups is 1. The van der Waals surface area contributed by atoms with Crippen molar-refractivity contribution in [2.24, 2.45) is 0 Å². The predicted molar refractivity (Wildman–Crippen MR) is 107 cm³/mol. The highest BCUT2D eigenvalue weighted by molar-refractivity contribution is 5.78. The van der Waals surface area contributed by atoms with Gasteiger partial charge in [0.25, 0.3) is 5.91 Å². The normalized spacial score (nSPS) is 12.3. The van der Waals surface area contributed by atoms with Gasteiger partial charge in [0.2, 0.25) is 0 Å². The molecule has 3 aromatic carbocycles. The fraction of sp³-hybridized carbons (Fsp3) is 0.174. The molecule has 4 rings (SSSR count). The Morgan fingerprint density at radius 1 is 0.893 bits per heavy atom. The van der Waals surface area contributed by atoms with Crippen molar-refractivity contribution < 1.29 is 19.0 Å². The van der Waals surface area contributed by atoms with Gasteiger partial charge in [-0.1, -0.05) is 54.6 Å². The van der Waals surface area contributed by atoms with E-state index in [0.717, 1.165) is 22.4 Å². The van der Waals surface area contributed by atoms with Gasteiger partial charge >= 0.3 is 0 Å². The predicted octanol–water partition coefficient (Wildman–Crippen LogP) is 3.82. The van der Waals surface area contributed by atoms with E-state index >= 15 is 0 Å². The van der Waals surface area contributed by atoms with Gasteiger partial charge in [0, 0.05) is 12.1 Å². The Kier molecular flexibility index (Phi) is 5.43. The number of amides is 1. The Balaban J connectivity index is 1.34. The number of ether oxygens (including phenoxy) is 3. The zero-order chi connectivity index (χ0) is 19.2. The molecular weight excluding hydrogens is 354 g/mol. The highest BCUT2D eigenvalue weighted by atomic mass is 16.6. The van der Waals surface area contributed by atoms with Crippen LogP contribution in [0.3, 0.4) is 0 Å². The van der Waals surface area contributed by atoms with Crippen LogP contribution in [0, 0.1) is 0 Å². The molecule has 0 saturated carbocycles. The molecule has 1 aliphatic rings.